The van der Waals surface area contributed by atoms with Crippen LogP contribution in [0.4, 0.5) is 0 Å². The number of rotatable bonds is 2. The van der Waals surface area contributed by atoms with Gasteiger partial charge in [0.15, 0.2) is 0 Å². The van der Waals surface area contributed by atoms with Gasteiger partial charge in [0.2, 0.25) is 0 Å². The van der Waals surface area contributed by atoms with E-state index in [1.165, 1.54) is 11.1 Å². The van der Waals surface area contributed by atoms with Crippen molar-refractivity contribution in [3.8, 4) is 0 Å². The second-order valence-corrected chi connectivity index (χ2v) is 5.12. The highest BCUT2D eigenvalue weighted by atomic mass is 35.5. The highest BCUT2D eigenvalue weighted by Gasteiger charge is 2.07. The predicted molar refractivity (Wildman–Crippen MR) is 80.9 cm³/mol. The van der Waals surface area contributed by atoms with Gasteiger partial charge in [0.05, 0.1) is 10.1 Å². The van der Waals surface area contributed by atoms with Crippen LogP contribution in [0, 0.1) is 13.8 Å². The van der Waals surface area contributed by atoms with Gasteiger partial charge >= 0.3 is 0 Å². The Morgan fingerprint density at radius 1 is 0.611 bits per heavy atom. The molecule has 0 amide bonds. The van der Waals surface area contributed by atoms with Gasteiger partial charge in [-0.15, -0.1) is 0 Å². The third-order valence-corrected chi connectivity index (χ3v) is 3.71. The molecule has 0 aromatic heterocycles. The number of halogens is 2. The van der Waals surface area contributed by atoms with E-state index in [-0.39, 0.29) is 0 Å². The number of hydrogen-bond acceptors (Lipinski definition) is 0. The molecule has 2 aromatic rings. The quantitative estimate of drug-likeness (QED) is 0.626. The summed E-state index contributed by atoms with van der Waals surface area (Å²) in [5.74, 6) is 0. The molecule has 0 saturated carbocycles. The van der Waals surface area contributed by atoms with Crippen LogP contribution in [-0.2, 0) is 0 Å². The van der Waals surface area contributed by atoms with Gasteiger partial charge in [-0.3, -0.25) is 0 Å². The van der Waals surface area contributed by atoms with Crippen molar-refractivity contribution in [2.24, 2.45) is 0 Å². The van der Waals surface area contributed by atoms with Crippen LogP contribution in [0.5, 0.6) is 0 Å². The summed E-state index contributed by atoms with van der Waals surface area (Å²) in [6, 6.07) is 16.0. The Balaban J connectivity index is 2.40. The van der Waals surface area contributed by atoms with Gasteiger partial charge in [-0.25, -0.2) is 0 Å². The molecule has 0 aliphatic heterocycles. The number of benzene rings is 2. The molecule has 0 fully saturated rings. The monoisotopic (exact) mass is 276 g/mol. The predicted octanol–water partition coefficient (Wildman–Crippen LogP) is 5.61. The lowest BCUT2D eigenvalue weighted by Crippen LogP contribution is -1.84. The van der Waals surface area contributed by atoms with E-state index in [1.54, 1.807) is 0 Å². The molecule has 0 aliphatic rings. The Hall–Kier alpha value is -1.24. The maximum atomic E-state index is 6.33. The van der Waals surface area contributed by atoms with E-state index in [1.807, 2.05) is 62.4 Å². The van der Waals surface area contributed by atoms with Gasteiger partial charge in [0.1, 0.15) is 0 Å². The maximum Gasteiger partial charge on any atom is 0.0670 e. The van der Waals surface area contributed by atoms with E-state index in [9.17, 15) is 0 Å². The Labute approximate surface area is 118 Å². The first kappa shape index (κ1) is 13.2. The summed E-state index contributed by atoms with van der Waals surface area (Å²) in [5, 5.41) is 1.17. The van der Waals surface area contributed by atoms with E-state index in [0.717, 1.165) is 11.1 Å². The van der Waals surface area contributed by atoms with Crippen molar-refractivity contribution in [1.82, 2.24) is 0 Å². The Morgan fingerprint density at radius 3 is 1.17 bits per heavy atom. The van der Waals surface area contributed by atoms with Gasteiger partial charge in [0.25, 0.3) is 0 Å². The van der Waals surface area contributed by atoms with Crippen LogP contribution < -0.4 is 0 Å². The molecule has 0 N–H and O–H groups in total. The van der Waals surface area contributed by atoms with Gasteiger partial charge in [-0.1, -0.05) is 82.9 Å². The topological polar surface area (TPSA) is 0 Å². The highest BCUT2D eigenvalue weighted by molar-refractivity contribution is 6.65. The van der Waals surface area contributed by atoms with Crippen molar-refractivity contribution in [3.63, 3.8) is 0 Å². The second kappa shape index (κ2) is 5.60. The third-order valence-electron chi connectivity index (χ3n) is 2.80. The maximum absolute atomic E-state index is 6.33. The van der Waals surface area contributed by atoms with Crippen molar-refractivity contribution in [1.29, 1.82) is 0 Å². The first-order chi connectivity index (χ1) is 8.58. The summed E-state index contributed by atoms with van der Waals surface area (Å²) >= 11 is 12.7. The summed E-state index contributed by atoms with van der Waals surface area (Å²) in [6.45, 7) is 4.09. The largest absolute Gasteiger partial charge is 0.0820 e. The fraction of sp³-hybridized carbons (Fsp3) is 0.125. The minimum absolute atomic E-state index is 0.584. The average Bonchev–Trinajstić information content (AvgIpc) is 2.39. The molecular formula is C16H14Cl2. The SMILES string of the molecule is Cc1ccc(/C(Cl)=C(/Cl)c2ccc(C)cc2)cc1. The molecule has 0 heterocycles. The van der Waals surface area contributed by atoms with Crippen molar-refractivity contribution in [3.05, 3.63) is 70.8 Å². The van der Waals surface area contributed by atoms with E-state index < -0.39 is 0 Å². The normalized spacial score (nSPS) is 12.2. The fourth-order valence-electron chi connectivity index (χ4n) is 1.65. The van der Waals surface area contributed by atoms with Crippen molar-refractivity contribution >= 4 is 33.3 Å². The van der Waals surface area contributed by atoms with Crippen LogP contribution in [0.1, 0.15) is 22.3 Å². The Kier molecular flexibility index (Phi) is 4.11. The molecule has 0 saturated heterocycles. The van der Waals surface area contributed by atoms with E-state index in [0.29, 0.717) is 10.1 Å². The molecule has 2 rings (SSSR count). The average molecular weight is 277 g/mol. The lowest BCUT2D eigenvalue weighted by atomic mass is 10.1. The molecule has 0 atom stereocenters. The standard InChI is InChI=1S/C16H14Cl2/c1-11-3-7-13(8-4-11)15(17)16(18)14-9-5-12(2)6-10-14/h3-10H,1-2H3/b16-15-. The Morgan fingerprint density at radius 2 is 0.889 bits per heavy atom. The minimum atomic E-state index is 0.584. The molecular weight excluding hydrogens is 263 g/mol. The smallest absolute Gasteiger partial charge is 0.0670 e. The molecule has 0 nitrogen and oxygen atoms in total. The minimum Gasteiger partial charge on any atom is -0.0820 e. The molecule has 0 aliphatic carbocycles. The summed E-state index contributed by atoms with van der Waals surface area (Å²) in [5.41, 5.74) is 4.28. The van der Waals surface area contributed by atoms with Crippen molar-refractivity contribution in [2.45, 2.75) is 13.8 Å². The van der Waals surface area contributed by atoms with Gasteiger partial charge < -0.3 is 0 Å². The van der Waals surface area contributed by atoms with E-state index >= 15 is 0 Å². The Bertz CT molecular complexity index is 510. The lowest BCUT2D eigenvalue weighted by Gasteiger charge is -2.05. The fourth-order valence-corrected chi connectivity index (χ4v) is 2.12. The van der Waals surface area contributed by atoms with E-state index in [2.05, 4.69) is 0 Å². The summed E-state index contributed by atoms with van der Waals surface area (Å²) in [4.78, 5) is 0. The van der Waals surface area contributed by atoms with Crippen molar-refractivity contribution < 1.29 is 0 Å². The van der Waals surface area contributed by atoms with Crippen LogP contribution in [0.25, 0.3) is 10.1 Å². The van der Waals surface area contributed by atoms with Crippen LogP contribution in [0.15, 0.2) is 48.5 Å². The summed E-state index contributed by atoms with van der Waals surface area (Å²) in [7, 11) is 0. The molecule has 2 heteroatoms. The number of hydrogen-bond donors (Lipinski definition) is 0. The van der Waals surface area contributed by atoms with Crippen LogP contribution >= 0.6 is 23.2 Å². The molecule has 18 heavy (non-hydrogen) atoms. The van der Waals surface area contributed by atoms with Crippen LogP contribution in [0.3, 0.4) is 0 Å². The third kappa shape index (κ3) is 2.95. The lowest BCUT2D eigenvalue weighted by molar-refractivity contribution is 1.45. The summed E-state index contributed by atoms with van der Waals surface area (Å²) in [6.07, 6.45) is 0. The molecule has 0 unspecified atom stereocenters. The molecule has 92 valence electrons. The van der Waals surface area contributed by atoms with E-state index in [4.69, 9.17) is 23.2 Å². The van der Waals surface area contributed by atoms with Gasteiger partial charge in [0, 0.05) is 0 Å². The molecule has 0 spiro atoms. The molecule has 2 aromatic carbocycles. The van der Waals surface area contributed by atoms with Crippen LogP contribution in [-0.4, -0.2) is 0 Å². The first-order valence-electron chi connectivity index (χ1n) is 5.77. The molecule has 0 radical (unpaired) electrons. The molecule has 0 bridgehead atoms. The summed E-state index contributed by atoms with van der Waals surface area (Å²) < 4.78 is 0. The van der Waals surface area contributed by atoms with Gasteiger partial charge in [-0.2, -0.15) is 0 Å². The zero-order valence-electron chi connectivity index (χ0n) is 10.4. The van der Waals surface area contributed by atoms with Crippen molar-refractivity contribution in [2.75, 3.05) is 0 Å². The zero-order valence-corrected chi connectivity index (χ0v) is 11.9. The zero-order chi connectivity index (χ0) is 13.1. The highest BCUT2D eigenvalue weighted by Crippen LogP contribution is 2.32. The first-order valence-corrected chi connectivity index (χ1v) is 6.53. The van der Waals surface area contributed by atoms with Gasteiger partial charge in [-0.05, 0) is 25.0 Å². The second-order valence-electron chi connectivity index (χ2n) is 4.36. The number of aryl methyl sites for hydroxylation is 2. The van der Waals surface area contributed by atoms with Crippen LogP contribution in [0.2, 0.25) is 0 Å².